The molecule has 2 aromatic carbocycles. The van der Waals surface area contributed by atoms with Crippen molar-refractivity contribution in [3.8, 4) is 0 Å². The highest BCUT2D eigenvalue weighted by Gasteiger charge is 2.37. The van der Waals surface area contributed by atoms with Gasteiger partial charge in [-0.15, -0.1) is 0 Å². The maximum absolute atomic E-state index is 12.9. The van der Waals surface area contributed by atoms with E-state index in [0.717, 1.165) is 27.7 Å². The average molecular weight is 396 g/mol. The number of H-pyrrole nitrogens is 1. The van der Waals surface area contributed by atoms with Crippen molar-refractivity contribution in [1.82, 2.24) is 10.3 Å². The van der Waals surface area contributed by atoms with Crippen molar-refractivity contribution in [3.63, 3.8) is 0 Å². The largest absolute Gasteiger partial charge is 0.361 e. The third kappa shape index (κ3) is 3.38. The molecule has 0 fully saturated rings. The van der Waals surface area contributed by atoms with Gasteiger partial charge in [0.2, 0.25) is 11.8 Å². The van der Waals surface area contributed by atoms with Crippen LogP contribution in [0.4, 0.5) is 5.69 Å². The highest BCUT2D eigenvalue weighted by molar-refractivity contribution is 6.31. The summed E-state index contributed by atoms with van der Waals surface area (Å²) in [5.41, 5.74) is 4.02. The number of hydrogen-bond acceptors (Lipinski definition) is 2. The molecule has 1 aliphatic rings. The van der Waals surface area contributed by atoms with Crippen molar-refractivity contribution in [2.75, 3.05) is 11.4 Å². The van der Waals surface area contributed by atoms with Crippen LogP contribution < -0.4 is 10.2 Å². The van der Waals surface area contributed by atoms with Crippen molar-refractivity contribution < 1.29 is 9.59 Å². The van der Waals surface area contributed by atoms with Gasteiger partial charge in [-0.2, -0.15) is 0 Å². The van der Waals surface area contributed by atoms with Crippen LogP contribution in [0.25, 0.3) is 10.9 Å². The lowest BCUT2D eigenvalue weighted by Crippen LogP contribution is -2.48. The quantitative estimate of drug-likeness (QED) is 0.689. The van der Waals surface area contributed by atoms with Gasteiger partial charge in [-0.25, -0.2) is 0 Å². The summed E-state index contributed by atoms with van der Waals surface area (Å²) >= 11 is 6.10. The summed E-state index contributed by atoms with van der Waals surface area (Å²) in [6.45, 7) is 2.32. The van der Waals surface area contributed by atoms with Crippen LogP contribution in [0.1, 0.15) is 24.5 Å². The van der Waals surface area contributed by atoms with E-state index in [0.29, 0.717) is 30.8 Å². The summed E-state index contributed by atoms with van der Waals surface area (Å²) in [7, 11) is 0. The predicted octanol–water partition coefficient (Wildman–Crippen LogP) is 3.85. The molecule has 0 bridgehead atoms. The van der Waals surface area contributed by atoms with Gasteiger partial charge in [-0.05, 0) is 41.8 Å². The molecule has 1 aromatic heterocycles. The second-order valence-electron chi connectivity index (χ2n) is 7.01. The van der Waals surface area contributed by atoms with Crippen molar-refractivity contribution in [2.45, 2.75) is 32.2 Å². The van der Waals surface area contributed by atoms with Gasteiger partial charge in [0, 0.05) is 47.2 Å². The van der Waals surface area contributed by atoms with E-state index < -0.39 is 6.04 Å². The van der Waals surface area contributed by atoms with E-state index in [-0.39, 0.29) is 11.8 Å². The number of benzene rings is 2. The molecule has 1 unspecified atom stereocenters. The van der Waals surface area contributed by atoms with E-state index in [1.165, 1.54) is 0 Å². The fraction of sp³-hybridized carbons (Fsp3) is 0.273. The number of hydrogen-bond donors (Lipinski definition) is 2. The third-order valence-corrected chi connectivity index (χ3v) is 5.51. The summed E-state index contributed by atoms with van der Waals surface area (Å²) in [5.74, 6) is -0.146. The van der Waals surface area contributed by atoms with Crippen molar-refractivity contribution in [3.05, 3.63) is 64.8 Å². The first kappa shape index (κ1) is 18.6. The number of fused-ring (bicyclic) bond motifs is 2. The molecule has 2 heterocycles. The number of anilines is 1. The lowest BCUT2D eigenvalue weighted by molar-refractivity contribution is -0.126. The number of para-hydroxylation sites is 1. The molecule has 4 rings (SSSR count). The molecule has 0 aliphatic carbocycles. The number of rotatable bonds is 5. The fourth-order valence-electron chi connectivity index (χ4n) is 3.87. The Balaban J connectivity index is 1.44. The summed E-state index contributed by atoms with van der Waals surface area (Å²) in [4.78, 5) is 30.2. The van der Waals surface area contributed by atoms with Gasteiger partial charge < -0.3 is 10.3 Å². The molecule has 0 saturated carbocycles. The standard InChI is InChI=1S/C22H22ClN3O2/c1-2-21(27)26-19-6-4-3-5-14(19)11-20(26)22(28)24-10-9-15-13-25-18-8-7-16(23)12-17(15)18/h3-8,12-13,20,25H,2,9-11H2,1H3,(H,24,28). The van der Waals surface area contributed by atoms with E-state index in [1.807, 2.05) is 55.6 Å². The zero-order valence-electron chi connectivity index (χ0n) is 15.7. The normalized spacial score (nSPS) is 15.6. The number of aromatic amines is 1. The van der Waals surface area contributed by atoms with Gasteiger partial charge in [0.25, 0.3) is 0 Å². The lowest BCUT2D eigenvalue weighted by Gasteiger charge is -2.24. The van der Waals surface area contributed by atoms with Crippen LogP contribution >= 0.6 is 11.6 Å². The van der Waals surface area contributed by atoms with E-state index in [4.69, 9.17) is 11.6 Å². The van der Waals surface area contributed by atoms with E-state index in [2.05, 4.69) is 10.3 Å². The average Bonchev–Trinajstić information content (AvgIpc) is 3.28. The Kier molecular flexibility index (Phi) is 5.09. The molecule has 144 valence electrons. The zero-order chi connectivity index (χ0) is 19.7. The Labute approximate surface area is 168 Å². The van der Waals surface area contributed by atoms with Crippen LogP contribution in [0.15, 0.2) is 48.7 Å². The molecule has 0 radical (unpaired) electrons. The van der Waals surface area contributed by atoms with Gasteiger partial charge in [0.05, 0.1) is 0 Å². The highest BCUT2D eigenvalue weighted by atomic mass is 35.5. The molecule has 5 nitrogen and oxygen atoms in total. The molecular formula is C22H22ClN3O2. The van der Waals surface area contributed by atoms with Crippen molar-refractivity contribution in [1.29, 1.82) is 0 Å². The minimum absolute atomic E-state index is 0.0311. The van der Waals surface area contributed by atoms with Crippen molar-refractivity contribution in [2.24, 2.45) is 0 Å². The number of amides is 2. The van der Waals surface area contributed by atoms with Crippen molar-refractivity contribution >= 4 is 40.0 Å². The third-order valence-electron chi connectivity index (χ3n) is 5.27. The highest BCUT2D eigenvalue weighted by Crippen LogP contribution is 2.32. The van der Waals surface area contributed by atoms with Gasteiger partial charge in [0.1, 0.15) is 6.04 Å². The van der Waals surface area contributed by atoms with Crippen LogP contribution in [0.3, 0.4) is 0 Å². The smallest absolute Gasteiger partial charge is 0.243 e. The maximum Gasteiger partial charge on any atom is 0.243 e. The predicted molar refractivity (Wildman–Crippen MR) is 112 cm³/mol. The molecule has 3 aromatic rings. The zero-order valence-corrected chi connectivity index (χ0v) is 16.4. The summed E-state index contributed by atoms with van der Waals surface area (Å²) in [5, 5.41) is 4.76. The summed E-state index contributed by atoms with van der Waals surface area (Å²) in [6.07, 6.45) is 3.56. The second-order valence-corrected chi connectivity index (χ2v) is 7.45. The second kappa shape index (κ2) is 7.68. The van der Waals surface area contributed by atoms with E-state index >= 15 is 0 Å². The molecule has 28 heavy (non-hydrogen) atoms. The molecule has 2 N–H and O–H groups in total. The SMILES string of the molecule is CCC(=O)N1c2ccccc2CC1C(=O)NCCc1c[nH]c2ccc(Cl)cc12. The summed E-state index contributed by atoms with van der Waals surface area (Å²) < 4.78 is 0. The molecule has 6 heteroatoms. The Morgan fingerprint density at radius 1 is 1.25 bits per heavy atom. The van der Waals surface area contributed by atoms with Gasteiger partial charge in [-0.1, -0.05) is 36.7 Å². The molecule has 0 saturated heterocycles. The maximum atomic E-state index is 12.9. The first-order valence-electron chi connectivity index (χ1n) is 9.51. The minimum Gasteiger partial charge on any atom is -0.361 e. The summed E-state index contributed by atoms with van der Waals surface area (Å²) in [6, 6.07) is 13.0. The fourth-order valence-corrected chi connectivity index (χ4v) is 4.04. The van der Waals surface area contributed by atoms with Crippen LogP contribution in [-0.2, 0) is 22.4 Å². The Bertz CT molecular complexity index is 1040. The lowest BCUT2D eigenvalue weighted by atomic mass is 10.1. The number of halogens is 1. The topological polar surface area (TPSA) is 65.2 Å². The first-order valence-corrected chi connectivity index (χ1v) is 9.89. The molecule has 0 spiro atoms. The molecule has 2 amide bonds. The number of nitrogens with zero attached hydrogens (tertiary/aromatic N) is 1. The van der Waals surface area contributed by atoms with Crippen LogP contribution in [0.5, 0.6) is 0 Å². The monoisotopic (exact) mass is 395 g/mol. The van der Waals surface area contributed by atoms with E-state index in [1.54, 1.807) is 4.90 Å². The molecule has 1 atom stereocenters. The van der Waals surface area contributed by atoms with E-state index in [9.17, 15) is 9.59 Å². The van der Waals surface area contributed by atoms with Gasteiger partial charge in [-0.3, -0.25) is 14.5 Å². The minimum atomic E-state index is -0.484. The Hall–Kier alpha value is -2.79. The molecule has 1 aliphatic heterocycles. The Morgan fingerprint density at radius 3 is 2.89 bits per heavy atom. The number of carbonyl (C=O) groups is 2. The first-order chi connectivity index (χ1) is 13.6. The van der Waals surface area contributed by atoms with Crippen LogP contribution in [-0.4, -0.2) is 29.4 Å². The number of carbonyl (C=O) groups excluding carboxylic acids is 2. The van der Waals surface area contributed by atoms with Crippen LogP contribution in [0.2, 0.25) is 5.02 Å². The van der Waals surface area contributed by atoms with Gasteiger partial charge in [0.15, 0.2) is 0 Å². The van der Waals surface area contributed by atoms with Gasteiger partial charge >= 0.3 is 0 Å². The Morgan fingerprint density at radius 2 is 2.07 bits per heavy atom. The van der Waals surface area contributed by atoms with Crippen LogP contribution in [0, 0.1) is 0 Å². The number of nitrogens with one attached hydrogen (secondary N) is 2. The number of aromatic nitrogens is 1. The molecular weight excluding hydrogens is 374 g/mol.